The molecule has 0 aromatic carbocycles. The summed E-state index contributed by atoms with van der Waals surface area (Å²) in [6.45, 7) is 0. The smallest absolute Gasteiger partial charge is 0.220 e. The second-order valence-corrected chi connectivity index (χ2v) is 6.04. The molecule has 0 bridgehead atoms. The lowest BCUT2D eigenvalue weighted by Crippen LogP contribution is -1.96. The van der Waals surface area contributed by atoms with Gasteiger partial charge in [-0.3, -0.25) is 0 Å². The van der Waals surface area contributed by atoms with Crippen LogP contribution in [0, 0.1) is 0 Å². The van der Waals surface area contributed by atoms with Gasteiger partial charge in [0.2, 0.25) is 5.95 Å². The molecule has 1 aliphatic rings. The van der Waals surface area contributed by atoms with E-state index in [9.17, 15) is 0 Å². The Labute approximate surface area is 140 Å². The maximum absolute atomic E-state index is 6.07. The van der Waals surface area contributed by atoms with Gasteiger partial charge >= 0.3 is 0 Å². The number of pyridine rings is 1. The van der Waals surface area contributed by atoms with Crippen LogP contribution < -0.4 is 5.73 Å². The number of nitrogen functional groups attached to an aromatic ring is 1. The molecule has 1 aliphatic carbocycles. The van der Waals surface area contributed by atoms with Crippen LogP contribution in [0.3, 0.4) is 0 Å². The average molecular weight is 330 g/mol. The summed E-state index contributed by atoms with van der Waals surface area (Å²) in [7, 11) is 0. The molecule has 4 rings (SSSR count). The molecule has 0 saturated heterocycles. The highest BCUT2D eigenvalue weighted by Crippen LogP contribution is 2.28. The second-order valence-electron chi connectivity index (χ2n) is 5.63. The van der Waals surface area contributed by atoms with Crippen LogP contribution in [0.5, 0.6) is 0 Å². The molecule has 5 nitrogen and oxygen atoms in total. The van der Waals surface area contributed by atoms with E-state index >= 15 is 0 Å². The summed E-state index contributed by atoms with van der Waals surface area (Å²) in [6.07, 6.45) is 14.1. The van der Waals surface area contributed by atoms with Crippen molar-refractivity contribution < 1.29 is 0 Å². The fourth-order valence-electron chi connectivity index (χ4n) is 2.75. The molecule has 1 saturated carbocycles. The van der Waals surface area contributed by atoms with Gasteiger partial charge in [0.25, 0.3) is 0 Å². The van der Waals surface area contributed by atoms with Gasteiger partial charge in [-0.25, -0.2) is 14.5 Å². The SMILES string of the molecule is C1CCCCC1.Nc1ncc(Cl)c(-c2cnn3ccccc23)n1. The highest BCUT2D eigenvalue weighted by Gasteiger charge is 2.12. The third-order valence-corrected chi connectivity index (χ3v) is 4.22. The minimum atomic E-state index is 0.194. The van der Waals surface area contributed by atoms with E-state index in [1.807, 2.05) is 24.4 Å². The molecule has 0 radical (unpaired) electrons. The first-order valence-corrected chi connectivity index (χ1v) is 8.34. The highest BCUT2D eigenvalue weighted by molar-refractivity contribution is 6.33. The first kappa shape index (κ1) is 15.7. The Morgan fingerprint density at radius 1 is 1.00 bits per heavy atom. The molecule has 3 aromatic rings. The number of hydrogen-bond acceptors (Lipinski definition) is 4. The third-order valence-electron chi connectivity index (χ3n) is 3.94. The minimum absolute atomic E-state index is 0.194. The van der Waals surface area contributed by atoms with Gasteiger partial charge in [-0.2, -0.15) is 5.10 Å². The van der Waals surface area contributed by atoms with Crippen molar-refractivity contribution in [3.8, 4) is 11.3 Å². The van der Waals surface area contributed by atoms with Crippen molar-refractivity contribution in [3.05, 3.63) is 41.8 Å². The summed E-state index contributed by atoms with van der Waals surface area (Å²) in [6, 6.07) is 5.77. The van der Waals surface area contributed by atoms with Gasteiger partial charge in [0.1, 0.15) is 0 Å². The van der Waals surface area contributed by atoms with Crippen LogP contribution in [0.15, 0.2) is 36.8 Å². The lowest BCUT2D eigenvalue weighted by molar-refractivity contribution is 0.504. The van der Waals surface area contributed by atoms with Gasteiger partial charge in [0, 0.05) is 11.8 Å². The maximum Gasteiger partial charge on any atom is 0.220 e. The standard InChI is InChI=1S/C11H8ClN5.C6H12/c12-8-6-14-11(13)16-10(8)7-5-15-17-4-2-1-3-9(7)17;1-2-4-6-5-3-1/h1-6H,(H2,13,14,16);1-6H2. The number of halogens is 1. The van der Waals surface area contributed by atoms with Crippen molar-refractivity contribution in [1.29, 1.82) is 0 Å². The Kier molecular flexibility index (Phi) is 5.08. The number of aromatic nitrogens is 4. The quantitative estimate of drug-likeness (QED) is 0.719. The zero-order valence-electron chi connectivity index (χ0n) is 13.0. The number of nitrogens with two attached hydrogens (primary N) is 1. The molecule has 0 aliphatic heterocycles. The van der Waals surface area contributed by atoms with Crippen LogP contribution in [0.4, 0.5) is 5.95 Å². The van der Waals surface area contributed by atoms with Crippen molar-refractivity contribution in [3.63, 3.8) is 0 Å². The fourth-order valence-corrected chi connectivity index (χ4v) is 2.94. The first-order chi connectivity index (χ1) is 11.3. The second kappa shape index (κ2) is 7.42. The number of nitrogens with zero attached hydrogens (tertiary/aromatic N) is 4. The number of rotatable bonds is 1. The van der Waals surface area contributed by atoms with Gasteiger partial charge in [-0.05, 0) is 12.1 Å². The van der Waals surface area contributed by atoms with E-state index < -0.39 is 0 Å². The monoisotopic (exact) mass is 329 g/mol. The molecule has 2 N–H and O–H groups in total. The lowest BCUT2D eigenvalue weighted by atomic mass is 10.0. The Balaban J connectivity index is 0.000000220. The molecule has 3 aromatic heterocycles. The maximum atomic E-state index is 6.07. The topological polar surface area (TPSA) is 69.1 Å². The van der Waals surface area contributed by atoms with Crippen molar-refractivity contribution in [2.75, 3.05) is 5.73 Å². The molecule has 120 valence electrons. The first-order valence-electron chi connectivity index (χ1n) is 7.96. The molecular formula is C17H20ClN5. The fraction of sp³-hybridized carbons (Fsp3) is 0.353. The summed E-state index contributed by atoms with van der Waals surface area (Å²) in [5.74, 6) is 0.194. The molecule has 1 fully saturated rings. The van der Waals surface area contributed by atoms with Crippen LogP contribution in [0.25, 0.3) is 16.8 Å². The number of anilines is 1. The molecular weight excluding hydrogens is 310 g/mol. The Hall–Kier alpha value is -2.14. The van der Waals surface area contributed by atoms with E-state index in [2.05, 4.69) is 15.1 Å². The van der Waals surface area contributed by atoms with Crippen LogP contribution >= 0.6 is 11.6 Å². The molecule has 3 heterocycles. The molecule has 0 amide bonds. The van der Waals surface area contributed by atoms with E-state index in [-0.39, 0.29) is 5.95 Å². The minimum Gasteiger partial charge on any atom is -0.368 e. The summed E-state index contributed by atoms with van der Waals surface area (Å²) in [5.41, 5.74) is 7.93. The van der Waals surface area contributed by atoms with Gasteiger partial charge in [-0.1, -0.05) is 56.2 Å². The molecule has 0 spiro atoms. The molecule has 6 heteroatoms. The number of fused-ring (bicyclic) bond motifs is 1. The van der Waals surface area contributed by atoms with E-state index in [0.717, 1.165) is 11.1 Å². The molecule has 0 atom stereocenters. The molecule has 0 unspecified atom stereocenters. The van der Waals surface area contributed by atoms with E-state index in [0.29, 0.717) is 10.7 Å². The van der Waals surface area contributed by atoms with Crippen molar-refractivity contribution >= 4 is 23.1 Å². The summed E-state index contributed by atoms with van der Waals surface area (Å²) < 4.78 is 1.75. The van der Waals surface area contributed by atoms with E-state index in [1.165, 1.54) is 44.7 Å². The average Bonchev–Trinajstić information content (AvgIpc) is 3.03. The number of hydrogen-bond donors (Lipinski definition) is 1. The largest absolute Gasteiger partial charge is 0.368 e. The Morgan fingerprint density at radius 2 is 1.70 bits per heavy atom. The summed E-state index contributed by atoms with van der Waals surface area (Å²) >= 11 is 6.07. The lowest BCUT2D eigenvalue weighted by Gasteiger charge is -2.05. The normalized spacial score (nSPS) is 14.3. The van der Waals surface area contributed by atoms with E-state index in [4.69, 9.17) is 17.3 Å². The van der Waals surface area contributed by atoms with Crippen LogP contribution in [-0.2, 0) is 0 Å². The molecule has 23 heavy (non-hydrogen) atoms. The van der Waals surface area contributed by atoms with Crippen molar-refractivity contribution in [1.82, 2.24) is 19.6 Å². The van der Waals surface area contributed by atoms with Crippen molar-refractivity contribution in [2.45, 2.75) is 38.5 Å². The van der Waals surface area contributed by atoms with E-state index in [1.54, 1.807) is 10.7 Å². The van der Waals surface area contributed by atoms with Gasteiger partial charge in [0.05, 0.1) is 28.6 Å². The summed E-state index contributed by atoms with van der Waals surface area (Å²) in [4.78, 5) is 7.98. The van der Waals surface area contributed by atoms with Crippen LogP contribution in [0.2, 0.25) is 5.02 Å². The van der Waals surface area contributed by atoms with Gasteiger partial charge in [-0.15, -0.1) is 0 Å². The Bertz CT molecular complexity index is 768. The van der Waals surface area contributed by atoms with Gasteiger partial charge in [0.15, 0.2) is 0 Å². The van der Waals surface area contributed by atoms with Crippen LogP contribution in [-0.4, -0.2) is 19.6 Å². The van der Waals surface area contributed by atoms with Crippen molar-refractivity contribution in [2.24, 2.45) is 0 Å². The zero-order chi connectivity index (χ0) is 16.1. The highest BCUT2D eigenvalue weighted by atomic mass is 35.5. The predicted octanol–water partition coefficient (Wildman–Crippen LogP) is 4.37. The predicted molar refractivity (Wildman–Crippen MR) is 93.3 cm³/mol. The Morgan fingerprint density at radius 3 is 2.39 bits per heavy atom. The van der Waals surface area contributed by atoms with Gasteiger partial charge < -0.3 is 5.73 Å². The summed E-state index contributed by atoms with van der Waals surface area (Å²) in [5, 5.41) is 4.68. The van der Waals surface area contributed by atoms with Crippen LogP contribution in [0.1, 0.15) is 38.5 Å². The third kappa shape index (κ3) is 3.79. The zero-order valence-corrected chi connectivity index (χ0v) is 13.7.